The summed E-state index contributed by atoms with van der Waals surface area (Å²) < 4.78 is 12.5. The maximum Gasteiger partial charge on any atom is 0.241 e. The molecule has 1 aliphatic heterocycles. The van der Waals surface area contributed by atoms with Gasteiger partial charge in [-0.05, 0) is 30.5 Å². The summed E-state index contributed by atoms with van der Waals surface area (Å²) in [6.07, 6.45) is -0.551. The number of nitrogens with zero attached hydrogens (tertiary/aromatic N) is 5. The fraction of sp³-hybridized carbons (Fsp3) is 0.444. The third-order valence-electron chi connectivity index (χ3n) is 6.50. The van der Waals surface area contributed by atoms with E-state index in [1.807, 2.05) is 25.1 Å². The zero-order valence-corrected chi connectivity index (χ0v) is 21.9. The average molecular weight is 508 g/mol. The molecule has 0 amide bonds. The lowest BCUT2D eigenvalue weighted by atomic mass is 10.0. The molecule has 1 atom stereocenters. The number of fused-ring (bicyclic) bond motifs is 1. The lowest BCUT2D eigenvalue weighted by Crippen LogP contribution is -2.48. The number of aliphatic hydroxyl groups is 1. The van der Waals surface area contributed by atoms with E-state index in [4.69, 9.17) is 9.26 Å². The summed E-state index contributed by atoms with van der Waals surface area (Å²) >= 11 is 1.67. The number of ether oxygens (including phenoxy) is 1. The van der Waals surface area contributed by atoms with Gasteiger partial charge in [-0.25, -0.2) is 4.98 Å². The highest BCUT2D eigenvalue weighted by atomic mass is 32.1. The van der Waals surface area contributed by atoms with Crippen LogP contribution in [0.5, 0.6) is 5.75 Å². The summed E-state index contributed by atoms with van der Waals surface area (Å²) in [7, 11) is 0. The fourth-order valence-corrected chi connectivity index (χ4v) is 5.24. The zero-order valence-electron chi connectivity index (χ0n) is 21.1. The van der Waals surface area contributed by atoms with E-state index in [0.717, 1.165) is 52.7 Å². The standard InChI is InChI=1S/C27H33N5O3S/c1-18(2)20-4-6-21(7-5-20)27-29-26(35-30-27)16-32-12-10-31(11-13-32)15-22(33)17-34-23-8-9-25-24(14-23)28-19(3)36-25/h4-9,14,18,22,33H,10-13,15-17H2,1-3H3/t22-/m1/s1. The number of piperazine rings is 1. The third-order valence-corrected chi connectivity index (χ3v) is 7.46. The normalized spacial score (nSPS) is 16.1. The van der Waals surface area contributed by atoms with Crippen LogP contribution in [-0.2, 0) is 6.54 Å². The number of aliphatic hydroxyl groups excluding tert-OH is 1. The van der Waals surface area contributed by atoms with Gasteiger partial charge in [-0.3, -0.25) is 9.80 Å². The zero-order chi connectivity index (χ0) is 25.1. The van der Waals surface area contributed by atoms with Gasteiger partial charge in [-0.2, -0.15) is 4.98 Å². The lowest BCUT2D eigenvalue weighted by Gasteiger charge is -2.34. The molecule has 0 spiro atoms. The van der Waals surface area contributed by atoms with Crippen LogP contribution in [0.15, 0.2) is 47.0 Å². The van der Waals surface area contributed by atoms with Gasteiger partial charge in [-0.15, -0.1) is 11.3 Å². The molecule has 36 heavy (non-hydrogen) atoms. The molecular formula is C27H33N5O3S. The minimum Gasteiger partial charge on any atom is -0.491 e. The molecule has 2 aromatic heterocycles. The molecule has 0 saturated carbocycles. The molecule has 0 bridgehead atoms. The Kier molecular flexibility index (Phi) is 7.62. The molecule has 0 aliphatic carbocycles. The maximum atomic E-state index is 10.5. The van der Waals surface area contributed by atoms with Gasteiger partial charge in [0.05, 0.1) is 21.8 Å². The van der Waals surface area contributed by atoms with Gasteiger partial charge in [0.15, 0.2) is 0 Å². The van der Waals surface area contributed by atoms with Crippen LogP contribution in [0.4, 0.5) is 0 Å². The van der Waals surface area contributed by atoms with Crippen molar-refractivity contribution in [2.24, 2.45) is 0 Å². The first-order chi connectivity index (χ1) is 17.4. The van der Waals surface area contributed by atoms with E-state index < -0.39 is 6.10 Å². The SMILES string of the molecule is Cc1nc2cc(OC[C@H](O)CN3CCN(Cc4nc(-c5ccc(C(C)C)cc5)no4)CC3)ccc2s1. The second-order valence-corrected chi connectivity index (χ2v) is 10.9. The number of thiazole rings is 1. The van der Waals surface area contributed by atoms with E-state index in [9.17, 15) is 5.11 Å². The van der Waals surface area contributed by atoms with Crippen molar-refractivity contribution in [1.29, 1.82) is 0 Å². The van der Waals surface area contributed by atoms with Crippen molar-refractivity contribution in [3.63, 3.8) is 0 Å². The Bertz CT molecular complexity index is 1280. The van der Waals surface area contributed by atoms with Crippen molar-refractivity contribution in [2.75, 3.05) is 39.3 Å². The number of rotatable bonds is 9. The number of aromatic nitrogens is 3. The molecule has 1 aliphatic rings. The van der Waals surface area contributed by atoms with E-state index in [0.29, 0.717) is 30.7 Å². The van der Waals surface area contributed by atoms with Crippen molar-refractivity contribution >= 4 is 21.6 Å². The summed E-state index contributed by atoms with van der Waals surface area (Å²) in [5.41, 5.74) is 3.21. The lowest BCUT2D eigenvalue weighted by molar-refractivity contribution is 0.0426. The predicted molar refractivity (Wildman–Crippen MR) is 141 cm³/mol. The van der Waals surface area contributed by atoms with Crippen LogP contribution in [0.2, 0.25) is 0 Å². The Morgan fingerprint density at radius 3 is 2.53 bits per heavy atom. The second-order valence-electron chi connectivity index (χ2n) is 9.69. The Hall–Kier alpha value is -2.85. The highest BCUT2D eigenvalue weighted by Gasteiger charge is 2.21. The van der Waals surface area contributed by atoms with Crippen LogP contribution in [0.3, 0.4) is 0 Å². The van der Waals surface area contributed by atoms with E-state index in [-0.39, 0.29) is 6.61 Å². The molecular weight excluding hydrogens is 474 g/mol. The van der Waals surface area contributed by atoms with Crippen LogP contribution in [0.25, 0.3) is 21.6 Å². The number of hydrogen-bond acceptors (Lipinski definition) is 9. The smallest absolute Gasteiger partial charge is 0.241 e. The third kappa shape index (κ3) is 6.10. The van der Waals surface area contributed by atoms with Crippen molar-refractivity contribution in [3.8, 4) is 17.1 Å². The first-order valence-electron chi connectivity index (χ1n) is 12.5. The molecule has 2 aromatic carbocycles. The minimum absolute atomic E-state index is 0.262. The van der Waals surface area contributed by atoms with E-state index in [2.05, 4.69) is 63.0 Å². The molecule has 1 N–H and O–H groups in total. The Morgan fingerprint density at radius 2 is 1.78 bits per heavy atom. The molecule has 4 aromatic rings. The average Bonchev–Trinajstić information content (AvgIpc) is 3.49. The quantitative estimate of drug-likeness (QED) is 0.358. The van der Waals surface area contributed by atoms with Crippen molar-refractivity contribution in [1.82, 2.24) is 24.9 Å². The van der Waals surface area contributed by atoms with Crippen molar-refractivity contribution < 1.29 is 14.4 Å². The number of aryl methyl sites for hydroxylation is 1. The molecule has 0 unspecified atom stereocenters. The highest BCUT2D eigenvalue weighted by molar-refractivity contribution is 7.18. The van der Waals surface area contributed by atoms with Crippen LogP contribution >= 0.6 is 11.3 Å². The van der Waals surface area contributed by atoms with Gasteiger partial charge in [0.25, 0.3) is 0 Å². The summed E-state index contributed by atoms with van der Waals surface area (Å²) in [5.74, 6) is 2.50. The first-order valence-corrected chi connectivity index (χ1v) is 13.3. The molecule has 5 rings (SSSR count). The topological polar surface area (TPSA) is 87.8 Å². The van der Waals surface area contributed by atoms with Gasteiger partial charge in [0.1, 0.15) is 18.5 Å². The fourth-order valence-electron chi connectivity index (χ4n) is 4.43. The van der Waals surface area contributed by atoms with Crippen molar-refractivity contribution in [3.05, 3.63) is 58.9 Å². The van der Waals surface area contributed by atoms with E-state index >= 15 is 0 Å². The molecule has 1 fully saturated rings. The predicted octanol–water partition coefficient (Wildman–Crippen LogP) is 4.34. The minimum atomic E-state index is -0.551. The van der Waals surface area contributed by atoms with E-state index in [1.54, 1.807) is 11.3 Å². The van der Waals surface area contributed by atoms with Gasteiger partial charge in [0, 0.05) is 44.4 Å². The number of benzene rings is 2. The van der Waals surface area contributed by atoms with Crippen LogP contribution in [-0.4, -0.2) is 75.5 Å². The number of β-amino-alcohol motifs (C(OH)–C–C–N with tert-alkyl or cyclic N) is 1. The van der Waals surface area contributed by atoms with Crippen LogP contribution in [0, 0.1) is 6.92 Å². The maximum absolute atomic E-state index is 10.5. The van der Waals surface area contributed by atoms with Gasteiger partial charge >= 0.3 is 0 Å². The molecule has 1 saturated heterocycles. The second kappa shape index (κ2) is 11.0. The van der Waals surface area contributed by atoms with Crippen LogP contribution in [0.1, 0.15) is 36.2 Å². The summed E-state index contributed by atoms with van der Waals surface area (Å²) in [4.78, 5) is 13.7. The molecule has 8 nitrogen and oxygen atoms in total. The molecule has 0 radical (unpaired) electrons. The largest absolute Gasteiger partial charge is 0.491 e. The highest BCUT2D eigenvalue weighted by Crippen LogP contribution is 2.26. The van der Waals surface area contributed by atoms with Crippen LogP contribution < -0.4 is 4.74 Å². The monoisotopic (exact) mass is 507 g/mol. The number of hydrogen-bond donors (Lipinski definition) is 1. The molecule has 9 heteroatoms. The van der Waals surface area contributed by atoms with Crippen molar-refractivity contribution in [2.45, 2.75) is 39.3 Å². The first kappa shape index (κ1) is 24.8. The van der Waals surface area contributed by atoms with E-state index in [1.165, 1.54) is 5.56 Å². The summed E-state index contributed by atoms with van der Waals surface area (Å²) in [6, 6.07) is 14.2. The van der Waals surface area contributed by atoms with Gasteiger partial charge in [-0.1, -0.05) is 43.3 Å². The van der Waals surface area contributed by atoms with Gasteiger partial charge in [0.2, 0.25) is 11.7 Å². The summed E-state index contributed by atoms with van der Waals surface area (Å²) in [5, 5.41) is 15.7. The molecule has 3 heterocycles. The molecule has 190 valence electrons. The van der Waals surface area contributed by atoms with Gasteiger partial charge < -0.3 is 14.4 Å². The Morgan fingerprint density at radius 1 is 1.03 bits per heavy atom. The Labute approximate surface area is 215 Å². The Balaban J connectivity index is 1.05. The summed E-state index contributed by atoms with van der Waals surface area (Å²) in [6.45, 7) is 11.4.